The van der Waals surface area contributed by atoms with Crippen molar-refractivity contribution in [2.24, 2.45) is 0 Å². The lowest BCUT2D eigenvalue weighted by atomic mass is 10.1. The quantitative estimate of drug-likeness (QED) is 0.745. The Morgan fingerprint density at radius 1 is 1.30 bits per heavy atom. The van der Waals surface area contributed by atoms with E-state index in [2.05, 4.69) is 0 Å². The third-order valence-corrected chi connectivity index (χ3v) is 5.61. The second kappa shape index (κ2) is 7.31. The van der Waals surface area contributed by atoms with E-state index < -0.39 is 27.8 Å². The lowest BCUT2D eigenvalue weighted by molar-refractivity contribution is -0.144. The van der Waals surface area contributed by atoms with Gasteiger partial charge in [0.15, 0.2) is 9.84 Å². The molecule has 1 unspecified atom stereocenters. The fourth-order valence-electron chi connectivity index (χ4n) is 2.49. The van der Waals surface area contributed by atoms with E-state index in [-0.39, 0.29) is 24.7 Å². The van der Waals surface area contributed by atoms with Gasteiger partial charge in [-0.3, -0.25) is 9.59 Å². The monoisotopic (exact) mass is 359 g/mol. The fraction of sp³-hybridized carbons (Fsp3) is 0.467. The minimum Gasteiger partial charge on any atom is -0.465 e. The minimum atomic E-state index is -3.18. The highest BCUT2D eigenvalue weighted by Crippen LogP contribution is 2.21. The highest BCUT2D eigenvalue weighted by Gasteiger charge is 2.36. The number of nitrogens with zero attached hydrogens (tertiary/aromatic N) is 1. The highest BCUT2D eigenvalue weighted by molar-refractivity contribution is 7.91. The van der Waals surface area contributed by atoms with E-state index in [1.165, 1.54) is 4.90 Å². The average Bonchev–Trinajstić information content (AvgIpc) is 2.85. The summed E-state index contributed by atoms with van der Waals surface area (Å²) in [5.74, 6) is -1.08. The van der Waals surface area contributed by atoms with Crippen molar-refractivity contribution in [1.82, 2.24) is 4.90 Å². The molecule has 0 spiro atoms. The van der Waals surface area contributed by atoms with Gasteiger partial charge in [-0.1, -0.05) is 11.6 Å². The maximum absolute atomic E-state index is 12.7. The Hall–Kier alpha value is -1.60. The molecule has 1 heterocycles. The van der Waals surface area contributed by atoms with Crippen molar-refractivity contribution in [3.05, 3.63) is 34.9 Å². The topological polar surface area (TPSA) is 80.8 Å². The molecule has 1 amide bonds. The molecular weight excluding hydrogens is 342 g/mol. The first kappa shape index (κ1) is 17.7. The van der Waals surface area contributed by atoms with Crippen LogP contribution in [0.2, 0.25) is 5.02 Å². The predicted octanol–water partition coefficient (Wildman–Crippen LogP) is 1.53. The number of halogens is 1. The number of hydrogen-bond donors (Lipinski definition) is 0. The molecule has 8 heteroatoms. The van der Waals surface area contributed by atoms with Crippen LogP contribution >= 0.6 is 11.6 Å². The summed E-state index contributed by atoms with van der Waals surface area (Å²) in [4.78, 5) is 25.7. The van der Waals surface area contributed by atoms with Crippen LogP contribution in [0.1, 0.15) is 23.7 Å². The van der Waals surface area contributed by atoms with E-state index in [0.717, 1.165) is 0 Å². The van der Waals surface area contributed by atoms with Gasteiger partial charge in [-0.15, -0.1) is 0 Å². The van der Waals surface area contributed by atoms with Gasteiger partial charge in [0.2, 0.25) is 0 Å². The zero-order chi connectivity index (χ0) is 17.0. The molecule has 1 aromatic rings. The van der Waals surface area contributed by atoms with Crippen LogP contribution < -0.4 is 0 Å². The van der Waals surface area contributed by atoms with Crippen molar-refractivity contribution < 1.29 is 22.7 Å². The number of ether oxygens (including phenoxy) is 1. The lowest BCUT2D eigenvalue weighted by Gasteiger charge is -2.27. The number of carbonyl (C=O) groups is 2. The smallest absolute Gasteiger partial charge is 0.325 e. The van der Waals surface area contributed by atoms with Gasteiger partial charge in [0.25, 0.3) is 5.91 Å². The van der Waals surface area contributed by atoms with Gasteiger partial charge in [0.1, 0.15) is 6.54 Å². The van der Waals surface area contributed by atoms with Crippen molar-refractivity contribution in [2.45, 2.75) is 19.4 Å². The number of sulfone groups is 1. The van der Waals surface area contributed by atoms with Crippen LogP contribution in [-0.4, -0.2) is 55.9 Å². The standard InChI is InChI=1S/C15H18ClNO5S/c1-2-22-14(18)9-17(13-7-8-23(20,21)10-13)15(19)11-3-5-12(16)6-4-11/h3-6,13H,2,7-10H2,1H3. The molecule has 1 fully saturated rings. The summed E-state index contributed by atoms with van der Waals surface area (Å²) in [5, 5.41) is 0.488. The lowest BCUT2D eigenvalue weighted by Crippen LogP contribution is -2.44. The average molecular weight is 360 g/mol. The Morgan fingerprint density at radius 2 is 1.96 bits per heavy atom. The van der Waals surface area contributed by atoms with Gasteiger partial charge in [-0.05, 0) is 37.6 Å². The first-order valence-electron chi connectivity index (χ1n) is 7.25. The normalized spacial score (nSPS) is 19.3. The predicted molar refractivity (Wildman–Crippen MR) is 86.2 cm³/mol. The van der Waals surface area contributed by atoms with E-state index in [9.17, 15) is 18.0 Å². The summed E-state index contributed by atoms with van der Waals surface area (Å²) in [7, 11) is -3.18. The summed E-state index contributed by atoms with van der Waals surface area (Å²) >= 11 is 5.81. The van der Waals surface area contributed by atoms with Crippen molar-refractivity contribution >= 4 is 33.3 Å². The summed E-state index contributed by atoms with van der Waals surface area (Å²) < 4.78 is 28.3. The molecule has 2 rings (SSSR count). The molecule has 23 heavy (non-hydrogen) atoms. The van der Waals surface area contributed by atoms with Gasteiger partial charge >= 0.3 is 5.97 Å². The van der Waals surface area contributed by atoms with E-state index in [0.29, 0.717) is 17.0 Å². The second-order valence-corrected chi connectivity index (χ2v) is 7.97. The molecule has 0 aromatic heterocycles. The van der Waals surface area contributed by atoms with Crippen molar-refractivity contribution in [3.63, 3.8) is 0 Å². The van der Waals surface area contributed by atoms with Crippen LogP contribution in [0.5, 0.6) is 0 Å². The maximum Gasteiger partial charge on any atom is 0.325 e. The van der Waals surface area contributed by atoms with Crippen LogP contribution in [0.4, 0.5) is 0 Å². The number of amides is 1. The summed E-state index contributed by atoms with van der Waals surface area (Å²) in [6.45, 7) is 1.60. The molecule has 0 radical (unpaired) electrons. The van der Waals surface area contributed by atoms with Gasteiger partial charge in [-0.2, -0.15) is 0 Å². The van der Waals surface area contributed by atoms with Gasteiger partial charge < -0.3 is 9.64 Å². The fourth-order valence-corrected chi connectivity index (χ4v) is 4.35. The van der Waals surface area contributed by atoms with Crippen molar-refractivity contribution in [3.8, 4) is 0 Å². The first-order chi connectivity index (χ1) is 10.8. The molecule has 1 aliphatic rings. The van der Waals surface area contributed by atoms with E-state index in [4.69, 9.17) is 16.3 Å². The third kappa shape index (κ3) is 4.68. The molecule has 126 valence electrons. The van der Waals surface area contributed by atoms with Gasteiger partial charge in [0, 0.05) is 16.6 Å². The molecule has 0 N–H and O–H groups in total. The Balaban J connectivity index is 2.23. The van der Waals surface area contributed by atoms with Gasteiger partial charge in [0.05, 0.1) is 18.1 Å². The molecule has 0 saturated carbocycles. The Labute approximate surface area is 140 Å². The molecule has 1 atom stereocenters. The van der Waals surface area contributed by atoms with Gasteiger partial charge in [-0.25, -0.2) is 8.42 Å². The molecule has 0 aliphatic carbocycles. The zero-order valence-corrected chi connectivity index (χ0v) is 14.3. The molecule has 1 aromatic carbocycles. The molecule has 1 saturated heterocycles. The van der Waals surface area contributed by atoms with E-state index >= 15 is 0 Å². The summed E-state index contributed by atoms with van der Waals surface area (Å²) in [5.41, 5.74) is 0.350. The van der Waals surface area contributed by atoms with Crippen LogP contribution in [-0.2, 0) is 19.4 Å². The van der Waals surface area contributed by atoms with Crippen molar-refractivity contribution in [2.75, 3.05) is 24.7 Å². The number of rotatable bonds is 5. The summed E-state index contributed by atoms with van der Waals surface area (Å²) in [6.07, 6.45) is 0.321. The Bertz CT molecular complexity index is 686. The second-order valence-electron chi connectivity index (χ2n) is 5.30. The number of hydrogen-bond acceptors (Lipinski definition) is 5. The Morgan fingerprint density at radius 3 is 2.48 bits per heavy atom. The maximum atomic E-state index is 12.7. The number of benzene rings is 1. The van der Waals surface area contributed by atoms with Crippen LogP contribution in [0.3, 0.4) is 0 Å². The Kier molecular flexibility index (Phi) is 5.64. The molecule has 6 nitrogen and oxygen atoms in total. The minimum absolute atomic E-state index is 0.0187. The van der Waals surface area contributed by atoms with Crippen LogP contribution in [0.25, 0.3) is 0 Å². The summed E-state index contributed by atoms with van der Waals surface area (Å²) in [6, 6.07) is 5.72. The third-order valence-electron chi connectivity index (χ3n) is 3.61. The van der Waals surface area contributed by atoms with Crippen LogP contribution in [0.15, 0.2) is 24.3 Å². The van der Waals surface area contributed by atoms with Crippen LogP contribution in [0, 0.1) is 0 Å². The SMILES string of the molecule is CCOC(=O)CN(C(=O)c1ccc(Cl)cc1)C1CCS(=O)(=O)C1. The largest absolute Gasteiger partial charge is 0.465 e. The van der Waals surface area contributed by atoms with Crippen molar-refractivity contribution in [1.29, 1.82) is 0 Å². The molecular formula is C15H18ClNO5S. The highest BCUT2D eigenvalue weighted by atomic mass is 35.5. The van der Waals surface area contributed by atoms with E-state index in [1.807, 2.05) is 0 Å². The molecule has 1 aliphatic heterocycles. The number of esters is 1. The van der Waals surface area contributed by atoms with E-state index in [1.54, 1.807) is 31.2 Å². The molecule has 0 bridgehead atoms. The zero-order valence-electron chi connectivity index (χ0n) is 12.7. The first-order valence-corrected chi connectivity index (χ1v) is 9.45. The number of carbonyl (C=O) groups excluding carboxylic acids is 2.